The van der Waals surface area contributed by atoms with Gasteiger partial charge in [0, 0.05) is 5.39 Å². The first-order valence-corrected chi connectivity index (χ1v) is 6.54. The van der Waals surface area contributed by atoms with E-state index in [1.807, 2.05) is 19.9 Å². The first-order valence-electron chi connectivity index (χ1n) is 6.54. The summed E-state index contributed by atoms with van der Waals surface area (Å²) in [6.07, 6.45) is 0. The van der Waals surface area contributed by atoms with Gasteiger partial charge in [-0.1, -0.05) is 24.3 Å². The first kappa shape index (κ1) is 12.7. The van der Waals surface area contributed by atoms with E-state index in [4.69, 9.17) is 0 Å². The monoisotopic (exact) mass is 266 g/mol. The molecule has 1 nitrogen and oxygen atoms in total. The summed E-state index contributed by atoms with van der Waals surface area (Å²) >= 11 is 0. The van der Waals surface area contributed by atoms with Crippen molar-refractivity contribution in [2.45, 2.75) is 13.8 Å². The predicted octanol–water partition coefficient (Wildman–Crippen LogP) is 4.97. The normalized spacial score (nSPS) is 10.9. The summed E-state index contributed by atoms with van der Waals surface area (Å²) in [5.41, 5.74) is 4.10. The minimum Gasteiger partial charge on any atom is -0.507 e. The first-order chi connectivity index (χ1) is 9.54. The lowest BCUT2D eigenvalue weighted by Gasteiger charge is -2.10. The molecule has 0 aliphatic rings. The van der Waals surface area contributed by atoms with Crippen LogP contribution < -0.4 is 0 Å². The molecule has 0 aliphatic heterocycles. The zero-order chi connectivity index (χ0) is 14.3. The Labute approximate surface area is 117 Å². The highest BCUT2D eigenvalue weighted by molar-refractivity contribution is 5.93. The molecule has 0 fully saturated rings. The van der Waals surface area contributed by atoms with Crippen LogP contribution >= 0.6 is 0 Å². The summed E-state index contributed by atoms with van der Waals surface area (Å²) in [6, 6.07) is 14.3. The predicted molar refractivity (Wildman–Crippen MR) is 80.5 cm³/mol. The Morgan fingerprint density at radius 3 is 2.30 bits per heavy atom. The minimum atomic E-state index is -0.245. The lowest BCUT2D eigenvalue weighted by atomic mass is 9.95. The van der Waals surface area contributed by atoms with Gasteiger partial charge in [-0.2, -0.15) is 0 Å². The highest BCUT2D eigenvalue weighted by atomic mass is 19.1. The SMILES string of the molecule is Cc1cc(O)c2cc(-c3ccc(F)cc3)c(C)cc2c1. The number of fused-ring (bicyclic) bond motifs is 1. The molecule has 1 N–H and O–H groups in total. The molecule has 3 rings (SSSR count). The zero-order valence-corrected chi connectivity index (χ0v) is 11.4. The van der Waals surface area contributed by atoms with Crippen molar-refractivity contribution >= 4 is 10.8 Å². The van der Waals surface area contributed by atoms with Gasteiger partial charge in [0.1, 0.15) is 11.6 Å². The summed E-state index contributed by atoms with van der Waals surface area (Å²) in [7, 11) is 0. The van der Waals surface area contributed by atoms with Crippen LogP contribution in [0.4, 0.5) is 4.39 Å². The van der Waals surface area contributed by atoms with Crippen molar-refractivity contribution in [3.05, 3.63) is 65.5 Å². The lowest BCUT2D eigenvalue weighted by molar-refractivity contribution is 0.481. The second-order valence-electron chi connectivity index (χ2n) is 5.18. The number of aryl methyl sites for hydroxylation is 2. The van der Waals surface area contributed by atoms with Crippen LogP contribution in [0.15, 0.2) is 48.5 Å². The molecular weight excluding hydrogens is 251 g/mol. The number of phenols is 1. The topological polar surface area (TPSA) is 20.2 Å². The number of hydrogen-bond acceptors (Lipinski definition) is 1. The molecule has 0 aliphatic carbocycles. The fourth-order valence-electron chi connectivity index (χ4n) is 2.59. The third-order valence-electron chi connectivity index (χ3n) is 3.58. The average molecular weight is 266 g/mol. The van der Waals surface area contributed by atoms with E-state index in [2.05, 4.69) is 12.1 Å². The number of phenolic OH excluding ortho intramolecular Hbond substituents is 1. The Bertz CT molecular complexity index is 789. The Balaban J connectivity index is 2.26. The Hall–Kier alpha value is -2.35. The highest BCUT2D eigenvalue weighted by Gasteiger charge is 2.08. The standard InChI is InChI=1S/C18H15FO/c1-11-7-14-9-12(2)16(10-17(14)18(20)8-11)13-3-5-15(19)6-4-13/h3-10,20H,1-2H3. The van der Waals surface area contributed by atoms with Gasteiger partial charge in [-0.15, -0.1) is 0 Å². The summed E-state index contributed by atoms with van der Waals surface area (Å²) in [4.78, 5) is 0. The van der Waals surface area contributed by atoms with Crippen molar-refractivity contribution in [2.75, 3.05) is 0 Å². The van der Waals surface area contributed by atoms with Crippen LogP contribution in [0.3, 0.4) is 0 Å². The van der Waals surface area contributed by atoms with Crippen molar-refractivity contribution in [2.24, 2.45) is 0 Å². The van der Waals surface area contributed by atoms with E-state index in [1.165, 1.54) is 12.1 Å². The fraction of sp³-hybridized carbons (Fsp3) is 0.111. The van der Waals surface area contributed by atoms with Gasteiger partial charge in [0.25, 0.3) is 0 Å². The zero-order valence-electron chi connectivity index (χ0n) is 11.4. The third kappa shape index (κ3) is 2.14. The van der Waals surface area contributed by atoms with Crippen molar-refractivity contribution in [3.63, 3.8) is 0 Å². The van der Waals surface area contributed by atoms with Gasteiger partial charge >= 0.3 is 0 Å². The van der Waals surface area contributed by atoms with Crippen molar-refractivity contribution in [1.82, 2.24) is 0 Å². The van der Waals surface area contributed by atoms with Crippen molar-refractivity contribution in [3.8, 4) is 16.9 Å². The van der Waals surface area contributed by atoms with E-state index >= 15 is 0 Å². The lowest BCUT2D eigenvalue weighted by Crippen LogP contribution is -1.86. The summed E-state index contributed by atoms with van der Waals surface area (Å²) in [5, 5.41) is 11.9. The van der Waals surface area contributed by atoms with Crippen LogP contribution in [0.25, 0.3) is 21.9 Å². The third-order valence-corrected chi connectivity index (χ3v) is 3.58. The molecule has 0 saturated heterocycles. The summed E-state index contributed by atoms with van der Waals surface area (Å²) in [5.74, 6) is 0.0361. The van der Waals surface area contributed by atoms with Gasteiger partial charge in [-0.25, -0.2) is 4.39 Å². The van der Waals surface area contributed by atoms with E-state index in [0.29, 0.717) is 0 Å². The van der Waals surface area contributed by atoms with Gasteiger partial charge in [-0.05, 0) is 65.8 Å². The van der Waals surface area contributed by atoms with E-state index in [9.17, 15) is 9.50 Å². The molecule has 0 aromatic heterocycles. The molecule has 0 heterocycles. The van der Waals surface area contributed by atoms with Gasteiger partial charge in [0.05, 0.1) is 0 Å². The van der Waals surface area contributed by atoms with Gasteiger partial charge < -0.3 is 5.11 Å². The Morgan fingerprint density at radius 2 is 1.60 bits per heavy atom. The van der Waals surface area contributed by atoms with Crippen LogP contribution in [0.1, 0.15) is 11.1 Å². The second kappa shape index (κ2) is 4.64. The van der Waals surface area contributed by atoms with Crippen LogP contribution in [-0.2, 0) is 0 Å². The molecule has 100 valence electrons. The minimum absolute atomic E-state index is 0.245. The number of hydrogen-bond donors (Lipinski definition) is 1. The van der Waals surface area contributed by atoms with E-state index in [-0.39, 0.29) is 11.6 Å². The quantitative estimate of drug-likeness (QED) is 0.659. The van der Waals surface area contributed by atoms with Crippen LogP contribution in [0.2, 0.25) is 0 Å². The van der Waals surface area contributed by atoms with Crippen LogP contribution in [0.5, 0.6) is 5.75 Å². The number of aromatic hydroxyl groups is 1. The van der Waals surface area contributed by atoms with E-state index < -0.39 is 0 Å². The molecule has 0 amide bonds. The number of rotatable bonds is 1. The van der Waals surface area contributed by atoms with Crippen molar-refractivity contribution in [1.29, 1.82) is 0 Å². The van der Waals surface area contributed by atoms with E-state index in [0.717, 1.165) is 33.0 Å². The largest absolute Gasteiger partial charge is 0.507 e. The molecular formula is C18H15FO. The Morgan fingerprint density at radius 1 is 0.900 bits per heavy atom. The van der Waals surface area contributed by atoms with Gasteiger partial charge in [0.2, 0.25) is 0 Å². The van der Waals surface area contributed by atoms with Crippen molar-refractivity contribution < 1.29 is 9.50 Å². The summed E-state index contributed by atoms with van der Waals surface area (Å²) in [6.45, 7) is 3.99. The maximum atomic E-state index is 13.0. The molecule has 0 radical (unpaired) electrons. The average Bonchev–Trinajstić information content (AvgIpc) is 2.39. The molecule has 20 heavy (non-hydrogen) atoms. The fourth-order valence-corrected chi connectivity index (χ4v) is 2.59. The molecule has 2 heteroatoms. The smallest absolute Gasteiger partial charge is 0.123 e. The molecule has 3 aromatic carbocycles. The molecule has 0 atom stereocenters. The summed E-state index contributed by atoms with van der Waals surface area (Å²) < 4.78 is 13.0. The van der Waals surface area contributed by atoms with Crippen LogP contribution in [-0.4, -0.2) is 5.11 Å². The maximum Gasteiger partial charge on any atom is 0.123 e. The maximum absolute atomic E-state index is 13.0. The molecule has 0 bridgehead atoms. The van der Waals surface area contributed by atoms with Gasteiger partial charge in [-0.3, -0.25) is 0 Å². The van der Waals surface area contributed by atoms with Crippen LogP contribution in [0, 0.1) is 19.7 Å². The molecule has 0 saturated carbocycles. The number of benzene rings is 3. The Kier molecular flexibility index (Phi) is 2.94. The second-order valence-corrected chi connectivity index (χ2v) is 5.18. The van der Waals surface area contributed by atoms with Gasteiger partial charge in [0.15, 0.2) is 0 Å². The molecule has 0 unspecified atom stereocenters. The number of halogens is 1. The van der Waals surface area contributed by atoms with E-state index in [1.54, 1.807) is 18.2 Å². The molecule has 0 spiro atoms. The highest BCUT2D eigenvalue weighted by Crippen LogP contribution is 2.33. The molecule has 3 aromatic rings.